The van der Waals surface area contributed by atoms with Crippen molar-refractivity contribution in [1.29, 1.82) is 0 Å². The van der Waals surface area contributed by atoms with Crippen molar-refractivity contribution in [2.45, 2.75) is 13.0 Å². The van der Waals surface area contributed by atoms with Crippen LogP contribution in [0.3, 0.4) is 0 Å². The van der Waals surface area contributed by atoms with Gasteiger partial charge in [0.05, 0.1) is 12.1 Å². The maximum absolute atomic E-state index is 12.2. The number of aromatic nitrogens is 2. The van der Waals surface area contributed by atoms with Crippen LogP contribution in [0.2, 0.25) is 0 Å². The zero-order valence-corrected chi connectivity index (χ0v) is 12.0. The van der Waals surface area contributed by atoms with Crippen molar-refractivity contribution >= 4 is 17.2 Å². The van der Waals surface area contributed by atoms with Crippen molar-refractivity contribution in [3.05, 3.63) is 46.4 Å². The van der Waals surface area contributed by atoms with Gasteiger partial charge in [-0.05, 0) is 35.9 Å². The second-order valence-electron chi connectivity index (χ2n) is 4.83. The average molecular weight is 336 g/mol. The number of aromatic amines is 1. The lowest BCUT2D eigenvalue weighted by Crippen LogP contribution is -2.04. The Morgan fingerprint density at radius 1 is 1.33 bits per heavy atom. The lowest BCUT2D eigenvalue weighted by Gasteiger charge is -2.09. The van der Waals surface area contributed by atoms with Crippen LogP contribution < -0.4 is 10.5 Å². The predicted octanol–water partition coefficient (Wildman–Crippen LogP) is 2.41. The number of ether oxygens (including phenoxy) is 1. The number of pyridine rings is 1. The summed E-state index contributed by atoms with van der Waals surface area (Å²) in [7, 11) is 0. The Morgan fingerprint density at radius 3 is 2.67 bits per heavy atom. The summed E-state index contributed by atoms with van der Waals surface area (Å²) >= 11 is 0. The standard InChI is InChI=1S/C15H10F2N2O5/c16-14(17)23-9-3-1-7(2-4-9)12-8(6-11(20)21)5-10-13(18-12)19-15(22)24-10/h1-5,14H,6H2,(H,20,21)(H,18,19,22). The first-order chi connectivity index (χ1) is 11.4. The van der Waals surface area contributed by atoms with Gasteiger partial charge in [0.15, 0.2) is 11.2 Å². The molecule has 0 unspecified atom stereocenters. The topological polar surface area (TPSA) is 105 Å². The fourth-order valence-corrected chi connectivity index (χ4v) is 2.26. The Labute approximate surface area is 132 Å². The molecule has 3 aromatic rings. The van der Waals surface area contributed by atoms with Gasteiger partial charge < -0.3 is 14.3 Å². The summed E-state index contributed by atoms with van der Waals surface area (Å²) in [5, 5.41) is 9.03. The van der Waals surface area contributed by atoms with Crippen LogP contribution in [0.5, 0.6) is 5.75 Å². The largest absolute Gasteiger partial charge is 0.481 e. The summed E-state index contributed by atoms with van der Waals surface area (Å²) in [6.07, 6.45) is -0.345. The molecule has 9 heteroatoms. The fourth-order valence-electron chi connectivity index (χ4n) is 2.26. The zero-order chi connectivity index (χ0) is 17.3. The predicted molar refractivity (Wildman–Crippen MR) is 78.0 cm³/mol. The zero-order valence-electron chi connectivity index (χ0n) is 12.0. The molecule has 1 aromatic carbocycles. The third-order valence-electron chi connectivity index (χ3n) is 3.18. The lowest BCUT2D eigenvalue weighted by atomic mass is 10.0. The van der Waals surface area contributed by atoms with Gasteiger partial charge in [-0.1, -0.05) is 0 Å². The molecule has 0 aliphatic rings. The summed E-state index contributed by atoms with van der Waals surface area (Å²) in [4.78, 5) is 28.9. The van der Waals surface area contributed by atoms with Crippen LogP contribution in [0, 0.1) is 0 Å². The maximum Gasteiger partial charge on any atom is 0.418 e. The first kappa shape index (κ1) is 15.7. The maximum atomic E-state index is 12.2. The van der Waals surface area contributed by atoms with Gasteiger partial charge in [0.25, 0.3) is 0 Å². The molecule has 24 heavy (non-hydrogen) atoms. The monoisotopic (exact) mass is 336 g/mol. The quantitative estimate of drug-likeness (QED) is 0.741. The van der Waals surface area contributed by atoms with Gasteiger partial charge in [-0.2, -0.15) is 8.78 Å². The highest BCUT2D eigenvalue weighted by molar-refractivity contribution is 5.80. The normalized spacial score (nSPS) is 11.1. The minimum atomic E-state index is -2.94. The molecule has 2 heterocycles. The van der Waals surface area contributed by atoms with Crippen molar-refractivity contribution < 1.29 is 27.8 Å². The van der Waals surface area contributed by atoms with Crippen LogP contribution in [-0.2, 0) is 11.2 Å². The van der Waals surface area contributed by atoms with Crippen LogP contribution in [0.15, 0.2) is 39.5 Å². The van der Waals surface area contributed by atoms with Crippen LogP contribution in [0.1, 0.15) is 5.56 Å². The van der Waals surface area contributed by atoms with Gasteiger partial charge in [-0.15, -0.1) is 0 Å². The van der Waals surface area contributed by atoms with E-state index in [4.69, 9.17) is 9.52 Å². The van der Waals surface area contributed by atoms with E-state index in [1.54, 1.807) is 0 Å². The van der Waals surface area contributed by atoms with E-state index >= 15 is 0 Å². The minimum absolute atomic E-state index is 0.0358. The number of alkyl halides is 2. The van der Waals surface area contributed by atoms with Gasteiger partial charge in [-0.3, -0.25) is 9.78 Å². The molecule has 124 valence electrons. The van der Waals surface area contributed by atoms with Gasteiger partial charge in [-0.25, -0.2) is 9.78 Å². The molecule has 0 saturated heterocycles. The molecule has 2 aromatic heterocycles. The van der Waals surface area contributed by atoms with Gasteiger partial charge in [0, 0.05) is 5.56 Å². The van der Waals surface area contributed by atoms with E-state index in [0.717, 1.165) is 0 Å². The molecule has 3 rings (SSSR count). The molecule has 0 fully saturated rings. The molecule has 0 atom stereocenters. The van der Waals surface area contributed by atoms with Crippen LogP contribution in [0.4, 0.5) is 8.78 Å². The van der Waals surface area contributed by atoms with Crippen LogP contribution in [-0.4, -0.2) is 27.7 Å². The molecule has 0 spiro atoms. The number of nitrogens with zero attached hydrogens (tertiary/aromatic N) is 1. The number of aliphatic carboxylic acids is 1. The Balaban J connectivity index is 2.08. The van der Waals surface area contributed by atoms with Gasteiger partial charge in [0.2, 0.25) is 0 Å². The average Bonchev–Trinajstić information content (AvgIpc) is 2.85. The number of hydrogen-bond acceptors (Lipinski definition) is 5. The van der Waals surface area contributed by atoms with E-state index in [9.17, 15) is 18.4 Å². The van der Waals surface area contributed by atoms with Crippen molar-refractivity contribution in [2.75, 3.05) is 0 Å². The molecule has 0 aliphatic heterocycles. The molecular weight excluding hydrogens is 326 g/mol. The summed E-state index contributed by atoms with van der Waals surface area (Å²) in [6, 6.07) is 6.98. The number of rotatable bonds is 5. The van der Waals surface area contributed by atoms with Crippen molar-refractivity contribution in [1.82, 2.24) is 9.97 Å². The van der Waals surface area contributed by atoms with Crippen molar-refractivity contribution in [3.8, 4) is 17.0 Å². The molecule has 0 aliphatic carbocycles. The second-order valence-corrected chi connectivity index (χ2v) is 4.83. The van der Waals surface area contributed by atoms with E-state index in [1.807, 2.05) is 0 Å². The summed E-state index contributed by atoms with van der Waals surface area (Å²) in [5.41, 5.74) is 1.40. The third-order valence-corrected chi connectivity index (χ3v) is 3.18. The Morgan fingerprint density at radius 2 is 2.04 bits per heavy atom. The summed E-state index contributed by atoms with van der Waals surface area (Å²) in [5.74, 6) is -1.84. The van der Waals surface area contributed by atoms with E-state index in [2.05, 4.69) is 14.7 Å². The number of hydrogen-bond donors (Lipinski definition) is 2. The molecule has 0 amide bonds. The summed E-state index contributed by atoms with van der Waals surface area (Å²) < 4.78 is 33.5. The third kappa shape index (κ3) is 3.24. The molecule has 0 bridgehead atoms. The lowest BCUT2D eigenvalue weighted by molar-refractivity contribution is -0.136. The first-order valence-electron chi connectivity index (χ1n) is 6.72. The SMILES string of the molecule is O=C(O)Cc1cc2oc(=O)[nH]c2nc1-c1ccc(OC(F)F)cc1. The molecule has 0 saturated carbocycles. The van der Waals surface area contributed by atoms with Crippen LogP contribution in [0.25, 0.3) is 22.5 Å². The molecular formula is C15H10F2N2O5. The number of halogens is 2. The van der Waals surface area contributed by atoms with E-state index in [0.29, 0.717) is 16.8 Å². The van der Waals surface area contributed by atoms with Crippen molar-refractivity contribution in [2.24, 2.45) is 0 Å². The number of carboxylic acid groups (broad SMARTS) is 1. The van der Waals surface area contributed by atoms with Gasteiger partial charge >= 0.3 is 18.3 Å². The number of carboxylic acids is 1. The molecule has 7 nitrogen and oxygen atoms in total. The number of benzene rings is 1. The number of fused-ring (bicyclic) bond motifs is 1. The van der Waals surface area contributed by atoms with E-state index in [1.165, 1.54) is 30.3 Å². The van der Waals surface area contributed by atoms with Crippen molar-refractivity contribution in [3.63, 3.8) is 0 Å². The number of carbonyl (C=O) groups is 1. The highest BCUT2D eigenvalue weighted by atomic mass is 19.3. The molecule has 2 N–H and O–H groups in total. The smallest absolute Gasteiger partial charge is 0.418 e. The number of oxazole rings is 1. The van der Waals surface area contributed by atoms with E-state index in [-0.39, 0.29) is 23.4 Å². The minimum Gasteiger partial charge on any atom is -0.481 e. The first-order valence-corrected chi connectivity index (χ1v) is 6.72. The Hall–Kier alpha value is -3.23. The fraction of sp³-hybridized carbons (Fsp3) is 0.133. The second kappa shape index (κ2) is 6.11. The number of nitrogens with one attached hydrogen (secondary N) is 1. The summed E-state index contributed by atoms with van der Waals surface area (Å²) in [6.45, 7) is -2.94. The Kier molecular flexibility index (Phi) is 3.98. The number of H-pyrrole nitrogens is 1. The highest BCUT2D eigenvalue weighted by Crippen LogP contribution is 2.27. The highest BCUT2D eigenvalue weighted by Gasteiger charge is 2.15. The Bertz CT molecular complexity index is 947. The van der Waals surface area contributed by atoms with Crippen LogP contribution >= 0.6 is 0 Å². The van der Waals surface area contributed by atoms with E-state index < -0.39 is 18.3 Å². The molecule has 0 radical (unpaired) electrons. The van der Waals surface area contributed by atoms with Gasteiger partial charge in [0.1, 0.15) is 5.75 Å².